The Morgan fingerprint density at radius 2 is 1.33 bits per heavy atom. The van der Waals surface area contributed by atoms with Gasteiger partial charge in [0, 0.05) is 39.3 Å². The lowest BCUT2D eigenvalue weighted by molar-refractivity contribution is -0.137. The minimum absolute atomic E-state index is 0.00550. The van der Waals surface area contributed by atoms with E-state index in [9.17, 15) is 24.3 Å². The molecule has 15 nitrogen and oxygen atoms in total. The third kappa shape index (κ3) is 8.21. The van der Waals surface area contributed by atoms with Gasteiger partial charge in [0.15, 0.2) is 0 Å². The molecule has 4 aromatic rings. The molecule has 2 saturated heterocycles. The molecule has 2 aliphatic heterocycles. The quantitative estimate of drug-likeness (QED) is 0.121. The van der Waals surface area contributed by atoms with E-state index in [-0.39, 0.29) is 35.9 Å². The number of aromatic amines is 2. The highest BCUT2D eigenvalue weighted by molar-refractivity contribution is 5.86. The summed E-state index contributed by atoms with van der Waals surface area (Å²) in [7, 11) is 2.82. The predicted octanol–water partition coefficient (Wildman–Crippen LogP) is 5.66. The van der Waals surface area contributed by atoms with Gasteiger partial charge in [-0.2, -0.15) is 0 Å². The lowest BCUT2D eigenvalue weighted by Crippen LogP contribution is -2.49. The fourth-order valence-electron chi connectivity index (χ4n) is 8.31. The highest BCUT2D eigenvalue weighted by Crippen LogP contribution is 2.37. The second kappa shape index (κ2) is 16.8. The number of carbonyl (C=O) groups excluding carboxylic acids is 3. The van der Waals surface area contributed by atoms with E-state index in [0.717, 1.165) is 71.6 Å². The van der Waals surface area contributed by atoms with Crippen LogP contribution in [-0.4, -0.2) is 105 Å². The number of H-pyrrole nitrogens is 2. The van der Waals surface area contributed by atoms with Gasteiger partial charge < -0.3 is 45.0 Å². The Morgan fingerprint density at radius 1 is 0.782 bits per heavy atom. The standard InChI is InChI=1S/C40H48N8O7/c1-54-21-18-30(46-40(53)55-2)38(50)48-20-5-9-34(48)36-42-23-32(44-36)27-16-12-25(13-17-27)24-10-14-26(15-11-24)31-22-41-35(43-31)33-8-4-19-47(33)37(49)28-6-3-7-29(28)45-39(51)52/h10-17,22-23,28-30,33-34,45H,3-9,18-21H2,1-2H3,(H,41,43)(H,42,44)(H,46,53)(H,51,52)/t28-,29-,30-,33-,34-/m0/s1. The molecule has 0 bridgehead atoms. The minimum Gasteiger partial charge on any atom is -0.465 e. The molecule has 3 fully saturated rings. The average molecular weight is 753 g/mol. The van der Waals surface area contributed by atoms with Crippen molar-refractivity contribution in [2.24, 2.45) is 5.92 Å². The number of carbonyl (C=O) groups is 4. The molecule has 3 aliphatic rings. The van der Waals surface area contributed by atoms with Crippen molar-refractivity contribution in [2.75, 3.05) is 33.9 Å². The van der Waals surface area contributed by atoms with Crippen LogP contribution in [0.25, 0.3) is 33.6 Å². The molecule has 0 spiro atoms. The molecular weight excluding hydrogens is 704 g/mol. The lowest BCUT2D eigenvalue weighted by atomic mass is 10.0. The summed E-state index contributed by atoms with van der Waals surface area (Å²) in [5.74, 6) is 0.926. The molecule has 0 unspecified atom stereocenters. The average Bonchev–Trinajstić information content (AvgIpc) is 4.05. The maximum atomic E-state index is 13.6. The van der Waals surface area contributed by atoms with Gasteiger partial charge in [0.2, 0.25) is 11.8 Å². The Morgan fingerprint density at radius 3 is 1.87 bits per heavy atom. The van der Waals surface area contributed by atoms with Crippen LogP contribution in [0.2, 0.25) is 0 Å². The van der Waals surface area contributed by atoms with E-state index in [0.29, 0.717) is 44.8 Å². The number of nitrogens with zero attached hydrogens (tertiary/aromatic N) is 4. The summed E-state index contributed by atoms with van der Waals surface area (Å²) in [6.45, 7) is 1.52. The lowest BCUT2D eigenvalue weighted by Gasteiger charge is -2.28. The van der Waals surface area contributed by atoms with E-state index in [2.05, 4.69) is 67.0 Å². The zero-order valence-electron chi connectivity index (χ0n) is 31.1. The van der Waals surface area contributed by atoms with Gasteiger partial charge in [0.25, 0.3) is 0 Å². The summed E-state index contributed by atoms with van der Waals surface area (Å²) in [6, 6.07) is 15.0. The van der Waals surface area contributed by atoms with Crippen molar-refractivity contribution in [3.63, 3.8) is 0 Å². The molecular formula is C40H48N8O7. The molecule has 5 N–H and O–H groups in total. The monoisotopic (exact) mass is 752 g/mol. The van der Waals surface area contributed by atoms with Gasteiger partial charge in [-0.1, -0.05) is 55.0 Å². The second-order valence-corrected chi connectivity index (χ2v) is 14.5. The Bertz CT molecular complexity index is 1980. The zero-order valence-corrected chi connectivity index (χ0v) is 31.1. The van der Waals surface area contributed by atoms with Gasteiger partial charge in [-0.05, 0) is 60.8 Å². The highest BCUT2D eigenvalue weighted by atomic mass is 16.5. The summed E-state index contributed by atoms with van der Waals surface area (Å²) in [5, 5.41) is 14.4. The maximum absolute atomic E-state index is 13.6. The van der Waals surface area contributed by atoms with Crippen LogP contribution in [0.15, 0.2) is 60.9 Å². The molecule has 55 heavy (non-hydrogen) atoms. The van der Waals surface area contributed by atoms with Crippen molar-refractivity contribution in [2.45, 2.75) is 75.5 Å². The first-order chi connectivity index (χ1) is 26.7. The zero-order chi connectivity index (χ0) is 38.5. The first kappa shape index (κ1) is 37.6. The van der Waals surface area contributed by atoms with Crippen molar-refractivity contribution in [3.8, 4) is 33.6 Å². The molecule has 2 aromatic heterocycles. The SMILES string of the molecule is COCC[C@H](NC(=O)OC)C(=O)N1CCC[C@H]1c1ncc(-c2ccc(-c3ccc(-c4cnc([C@@H]5CCCN5C(=O)[C@H]5CCC[C@@H]5NC(=O)O)[nH]4)cc3)cc2)[nH]1. The number of methoxy groups -OCH3 is 2. The van der Waals surface area contributed by atoms with Gasteiger partial charge >= 0.3 is 12.2 Å². The summed E-state index contributed by atoms with van der Waals surface area (Å²) in [4.78, 5) is 70.2. The number of hydrogen-bond donors (Lipinski definition) is 5. The molecule has 2 aromatic carbocycles. The number of ether oxygens (including phenoxy) is 2. The fourth-order valence-corrected chi connectivity index (χ4v) is 8.31. The minimum atomic E-state index is -1.09. The number of rotatable bonds is 12. The number of imidazole rings is 2. The summed E-state index contributed by atoms with van der Waals surface area (Å²) in [5.41, 5.74) is 5.76. The molecule has 290 valence electrons. The van der Waals surface area contributed by atoms with E-state index < -0.39 is 18.2 Å². The third-order valence-corrected chi connectivity index (χ3v) is 11.1. The molecule has 7 rings (SSSR count). The van der Waals surface area contributed by atoms with Gasteiger partial charge in [-0.3, -0.25) is 9.59 Å². The molecule has 1 aliphatic carbocycles. The van der Waals surface area contributed by atoms with E-state index in [4.69, 9.17) is 9.47 Å². The number of alkyl carbamates (subject to hydrolysis) is 1. The summed E-state index contributed by atoms with van der Waals surface area (Å²) in [6.07, 6.45) is 7.65. The number of hydrogen-bond acceptors (Lipinski definition) is 8. The van der Waals surface area contributed by atoms with Crippen LogP contribution in [0.1, 0.15) is 75.1 Å². The van der Waals surface area contributed by atoms with Crippen LogP contribution in [-0.2, 0) is 19.1 Å². The Labute approximate surface area is 319 Å². The molecule has 1 saturated carbocycles. The van der Waals surface area contributed by atoms with Crippen molar-refractivity contribution in [3.05, 3.63) is 72.6 Å². The van der Waals surface area contributed by atoms with Crippen molar-refractivity contribution < 1.29 is 33.8 Å². The van der Waals surface area contributed by atoms with Crippen molar-refractivity contribution >= 4 is 24.0 Å². The molecule has 4 heterocycles. The van der Waals surface area contributed by atoms with Crippen molar-refractivity contribution in [1.82, 2.24) is 40.4 Å². The van der Waals surface area contributed by atoms with E-state index >= 15 is 0 Å². The van der Waals surface area contributed by atoms with Crippen LogP contribution in [0.5, 0.6) is 0 Å². The van der Waals surface area contributed by atoms with Gasteiger partial charge in [0.05, 0.1) is 48.9 Å². The predicted molar refractivity (Wildman–Crippen MR) is 203 cm³/mol. The topological polar surface area (TPSA) is 195 Å². The molecule has 4 amide bonds. The second-order valence-electron chi connectivity index (χ2n) is 14.5. The van der Waals surface area contributed by atoms with Gasteiger partial charge in [-0.25, -0.2) is 19.6 Å². The number of benzene rings is 2. The van der Waals surface area contributed by atoms with Gasteiger partial charge in [0.1, 0.15) is 17.7 Å². The number of carboxylic acid groups (broad SMARTS) is 1. The first-order valence-electron chi connectivity index (χ1n) is 19.0. The number of aromatic nitrogens is 4. The Hall–Kier alpha value is -5.70. The van der Waals surface area contributed by atoms with E-state index in [1.54, 1.807) is 18.2 Å². The van der Waals surface area contributed by atoms with Crippen molar-refractivity contribution in [1.29, 1.82) is 0 Å². The summed E-state index contributed by atoms with van der Waals surface area (Å²) >= 11 is 0. The summed E-state index contributed by atoms with van der Waals surface area (Å²) < 4.78 is 9.90. The van der Waals surface area contributed by atoms with E-state index in [1.165, 1.54) is 7.11 Å². The van der Waals surface area contributed by atoms with Crippen LogP contribution in [0.3, 0.4) is 0 Å². The molecule has 0 radical (unpaired) electrons. The van der Waals surface area contributed by atoms with Crippen LogP contribution >= 0.6 is 0 Å². The number of nitrogens with one attached hydrogen (secondary N) is 4. The number of amides is 4. The smallest absolute Gasteiger partial charge is 0.407 e. The molecule has 5 atom stereocenters. The van der Waals surface area contributed by atoms with Crippen LogP contribution in [0.4, 0.5) is 9.59 Å². The van der Waals surface area contributed by atoms with E-state index in [1.807, 2.05) is 23.2 Å². The highest BCUT2D eigenvalue weighted by Gasteiger charge is 2.41. The molecule has 15 heteroatoms. The van der Waals surface area contributed by atoms with Gasteiger partial charge in [-0.15, -0.1) is 0 Å². The Kier molecular flexibility index (Phi) is 11.5. The fraction of sp³-hybridized carbons (Fsp3) is 0.450. The van der Waals surface area contributed by atoms with Crippen LogP contribution < -0.4 is 10.6 Å². The number of likely N-dealkylation sites (tertiary alicyclic amines) is 2. The normalized spacial score (nSPS) is 21.4. The third-order valence-electron chi connectivity index (χ3n) is 11.1. The van der Waals surface area contributed by atoms with Crippen LogP contribution in [0, 0.1) is 5.92 Å². The Balaban J connectivity index is 0.988. The maximum Gasteiger partial charge on any atom is 0.407 e. The first-order valence-corrected chi connectivity index (χ1v) is 19.0. The largest absolute Gasteiger partial charge is 0.465 e.